The topological polar surface area (TPSA) is 86.3 Å². The number of ether oxygens (including phenoxy) is 4. The summed E-state index contributed by atoms with van der Waals surface area (Å²) in [6.45, 7) is 2.28. The van der Waals surface area contributed by atoms with Gasteiger partial charge in [-0.3, -0.25) is 9.59 Å². The number of nitrogens with zero attached hydrogens (tertiary/aromatic N) is 1. The fraction of sp³-hybridized carbons (Fsp3) is 0.600. The average molecular weight is 390 g/mol. The molecular weight excluding hydrogens is 364 g/mol. The van der Waals surface area contributed by atoms with Gasteiger partial charge in [0, 0.05) is 32.0 Å². The molecule has 8 nitrogen and oxygen atoms in total. The second-order valence-corrected chi connectivity index (χ2v) is 7.50. The van der Waals surface area contributed by atoms with E-state index >= 15 is 0 Å². The minimum Gasteiger partial charge on any atom is -0.497 e. The van der Waals surface area contributed by atoms with E-state index in [1.807, 2.05) is 0 Å². The summed E-state index contributed by atoms with van der Waals surface area (Å²) in [5.74, 6) is 0.180. The van der Waals surface area contributed by atoms with E-state index in [4.69, 9.17) is 18.9 Å². The average Bonchev–Trinajstić information content (AvgIpc) is 3.43. The van der Waals surface area contributed by atoms with E-state index in [1.165, 1.54) is 7.11 Å². The van der Waals surface area contributed by atoms with Crippen LogP contribution in [0.1, 0.15) is 25.7 Å². The standard InChI is InChI=1S/C20H26N2O6/c1-25-14-3-4-16(26-2)15(13-14)21-17(23)19(5-6-19)18(24)22-9-7-20(8-10-22)27-11-12-28-20/h3-4,13H,5-12H2,1-2H3,(H,21,23). The molecule has 1 aliphatic carbocycles. The third-order valence-electron chi connectivity index (χ3n) is 5.87. The predicted octanol–water partition coefficient (Wildman–Crippen LogP) is 1.79. The Bertz CT molecular complexity index is 760. The van der Waals surface area contributed by atoms with E-state index in [2.05, 4.69) is 5.32 Å². The first-order valence-electron chi connectivity index (χ1n) is 9.63. The zero-order valence-corrected chi connectivity index (χ0v) is 16.3. The Morgan fingerprint density at radius 1 is 1.04 bits per heavy atom. The molecule has 2 heterocycles. The Kier molecular flexibility index (Phi) is 4.93. The molecule has 1 aromatic rings. The third kappa shape index (κ3) is 3.31. The summed E-state index contributed by atoms with van der Waals surface area (Å²) in [5.41, 5.74) is -0.494. The van der Waals surface area contributed by atoms with E-state index < -0.39 is 11.2 Å². The Balaban J connectivity index is 1.44. The highest BCUT2D eigenvalue weighted by Gasteiger charge is 2.59. The maximum absolute atomic E-state index is 13.1. The summed E-state index contributed by atoms with van der Waals surface area (Å²) in [7, 11) is 3.09. The van der Waals surface area contributed by atoms with Crippen molar-refractivity contribution in [1.82, 2.24) is 4.90 Å². The van der Waals surface area contributed by atoms with Crippen LogP contribution in [-0.4, -0.2) is 63.0 Å². The Hall–Kier alpha value is -2.32. The first-order valence-corrected chi connectivity index (χ1v) is 9.63. The second kappa shape index (κ2) is 7.25. The van der Waals surface area contributed by atoms with E-state index in [1.54, 1.807) is 30.2 Å². The van der Waals surface area contributed by atoms with Crippen molar-refractivity contribution in [2.75, 3.05) is 45.8 Å². The lowest BCUT2D eigenvalue weighted by Gasteiger charge is -2.38. The van der Waals surface area contributed by atoms with E-state index in [9.17, 15) is 9.59 Å². The van der Waals surface area contributed by atoms with Crippen LogP contribution in [0.25, 0.3) is 0 Å². The number of likely N-dealkylation sites (tertiary alicyclic amines) is 1. The lowest BCUT2D eigenvalue weighted by atomic mass is 9.98. The van der Waals surface area contributed by atoms with Crippen LogP contribution in [0.5, 0.6) is 11.5 Å². The van der Waals surface area contributed by atoms with Gasteiger partial charge in [0.1, 0.15) is 16.9 Å². The number of benzene rings is 1. The maximum atomic E-state index is 13.1. The number of anilines is 1. The zero-order chi connectivity index (χ0) is 19.8. The van der Waals surface area contributed by atoms with Crippen LogP contribution in [0, 0.1) is 5.41 Å². The molecule has 8 heteroatoms. The molecule has 2 saturated heterocycles. The number of hydrogen-bond acceptors (Lipinski definition) is 6. The largest absolute Gasteiger partial charge is 0.497 e. The molecule has 152 valence electrons. The molecular formula is C20H26N2O6. The van der Waals surface area contributed by atoms with Gasteiger partial charge in [0.2, 0.25) is 11.8 Å². The number of hydrogen-bond donors (Lipinski definition) is 1. The quantitative estimate of drug-likeness (QED) is 0.772. The third-order valence-corrected chi connectivity index (χ3v) is 5.87. The molecule has 2 amide bonds. The molecule has 3 aliphatic rings. The second-order valence-electron chi connectivity index (χ2n) is 7.50. The van der Waals surface area contributed by atoms with E-state index in [-0.39, 0.29) is 11.8 Å². The summed E-state index contributed by atoms with van der Waals surface area (Å²) >= 11 is 0. The summed E-state index contributed by atoms with van der Waals surface area (Å²) in [4.78, 5) is 27.9. The molecule has 1 N–H and O–H groups in total. The van der Waals surface area contributed by atoms with Gasteiger partial charge in [-0.2, -0.15) is 0 Å². The van der Waals surface area contributed by atoms with Crippen LogP contribution in [0.2, 0.25) is 0 Å². The van der Waals surface area contributed by atoms with Crippen molar-refractivity contribution in [3.63, 3.8) is 0 Å². The number of methoxy groups -OCH3 is 2. The Labute approximate surface area is 164 Å². The van der Waals surface area contributed by atoms with E-state index in [0.717, 1.165) is 0 Å². The predicted molar refractivity (Wildman–Crippen MR) is 100 cm³/mol. The molecule has 0 aromatic heterocycles. The molecule has 0 bridgehead atoms. The number of carbonyl (C=O) groups is 2. The van der Waals surface area contributed by atoms with Crippen molar-refractivity contribution in [3.8, 4) is 11.5 Å². The molecule has 0 unspecified atom stereocenters. The normalized spacial score (nSPS) is 22.0. The summed E-state index contributed by atoms with van der Waals surface area (Å²) in [6, 6.07) is 5.17. The van der Waals surface area contributed by atoms with Gasteiger partial charge in [0.15, 0.2) is 5.79 Å². The van der Waals surface area contributed by atoms with Crippen LogP contribution < -0.4 is 14.8 Å². The molecule has 1 spiro atoms. The van der Waals surface area contributed by atoms with Gasteiger partial charge >= 0.3 is 0 Å². The fourth-order valence-electron chi connectivity index (χ4n) is 3.96. The molecule has 0 radical (unpaired) electrons. The smallest absolute Gasteiger partial charge is 0.240 e. The number of piperidine rings is 1. The first-order chi connectivity index (χ1) is 13.5. The highest BCUT2D eigenvalue weighted by molar-refractivity contribution is 6.13. The Morgan fingerprint density at radius 2 is 1.71 bits per heavy atom. The van der Waals surface area contributed by atoms with Crippen molar-refractivity contribution in [3.05, 3.63) is 18.2 Å². The van der Waals surface area contributed by atoms with Crippen LogP contribution in [0.15, 0.2) is 18.2 Å². The molecule has 1 saturated carbocycles. The van der Waals surface area contributed by atoms with Crippen molar-refractivity contribution in [2.45, 2.75) is 31.5 Å². The number of carbonyl (C=O) groups excluding carboxylic acids is 2. The van der Waals surface area contributed by atoms with Crippen LogP contribution in [-0.2, 0) is 19.1 Å². The summed E-state index contributed by atoms with van der Waals surface area (Å²) in [5, 5.41) is 2.87. The number of rotatable bonds is 5. The lowest BCUT2D eigenvalue weighted by Crippen LogP contribution is -2.51. The monoisotopic (exact) mass is 390 g/mol. The van der Waals surface area contributed by atoms with Gasteiger partial charge in [0.25, 0.3) is 0 Å². The van der Waals surface area contributed by atoms with Gasteiger partial charge in [0.05, 0.1) is 33.1 Å². The van der Waals surface area contributed by atoms with Gasteiger partial charge in [-0.25, -0.2) is 0 Å². The first kappa shape index (κ1) is 19.0. The van der Waals surface area contributed by atoms with Crippen LogP contribution in [0.3, 0.4) is 0 Å². The highest BCUT2D eigenvalue weighted by Crippen LogP contribution is 2.49. The molecule has 0 atom stereocenters. The maximum Gasteiger partial charge on any atom is 0.240 e. The highest BCUT2D eigenvalue weighted by atomic mass is 16.7. The molecule has 3 fully saturated rings. The number of nitrogens with one attached hydrogen (secondary N) is 1. The zero-order valence-electron chi connectivity index (χ0n) is 16.3. The summed E-state index contributed by atoms with van der Waals surface area (Å²) in [6.07, 6.45) is 2.39. The van der Waals surface area contributed by atoms with Crippen molar-refractivity contribution in [1.29, 1.82) is 0 Å². The van der Waals surface area contributed by atoms with Crippen molar-refractivity contribution in [2.24, 2.45) is 5.41 Å². The molecule has 2 aliphatic heterocycles. The minimum atomic E-state index is -0.990. The lowest BCUT2D eigenvalue weighted by molar-refractivity contribution is -0.188. The van der Waals surface area contributed by atoms with E-state index in [0.29, 0.717) is 69.2 Å². The minimum absolute atomic E-state index is 0.111. The SMILES string of the molecule is COc1ccc(OC)c(NC(=O)C2(C(=O)N3CCC4(CC3)OCCO4)CC2)c1. The van der Waals surface area contributed by atoms with Crippen LogP contribution in [0.4, 0.5) is 5.69 Å². The van der Waals surface area contributed by atoms with Gasteiger partial charge in [-0.05, 0) is 25.0 Å². The number of amides is 2. The summed E-state index contributed by atoms with van der Waals surface area (Å²) < 4.78 is 22.0. The van der Waals surface area contributed by atoms with Crippen LogP contribution >= 0.6 is 0 Å². The fourth-order valence-corrected chi connectivity index (χ4v) is 3.96. The van der Waals surface area contributed by atoms with Crippen molar-refractivity contribution >= 4 is 17.5 Å². The molecule has 28 heavy (non-hydrogen) atoms. The molecule has 4 rings (SSSR count). The molecule has 1 aromatic carbocycles. The van der Waals surface area contributed by atoms with Gasteiger partial charge < -0.3 is 29.2 Å². The van der Waals surface area contributed by atoms with Crippen molar-refractivity contribution < 1.29 is 28.5 Å². The van der Waals surface area contributed by atoms with Gasteiger partial charge in [-0.1, -0.05) is 0 Å². The Morgan fingerprint density at radius 3 is 2.29 bits per heavy atom. The van der Waals surface area contributed by atoms with Gasteiger partial charge in [-0.15, -0.1) is 0 Å².